The average Bonchev–Trinajstić information content (AvgIpc) is 2.97. The lowest BCUT2D eigenvalue weighted by Crippen LogP contribution is -2.58. The number of tetrazole rings is 1. The maximum atomic E-state index is 5.06. The van der Waals surface area contributed by atoms with E-state index in [1.54, 1.807) is 17.1 Å². The molecular weight excluding hydrogens is 312 g/mol. The van der Waals surface area contributed by atoms with E-state index < -0.39 is 0 Å². The molecule has 2 aromatic rings. The summed E-state index contributed by atoms with van der Waals surface area (Å²) in [4.78, 5) is 5.18. The largest absolute Gasteiger partial charge is 0.243 e. The molecule has 0 aliphatic carbocycles. The minimum atomic E-state index is 0.174. The Bertz CT molecular complexity index is 486. The van der Waals surface area contributed by atoms with E-state index in [9.17, 15) is 0 Å². The van der Waals surface area contributed by atoms with Crippen molar-refractivity contribution in [3.63, 3.8) is 0 Å². The first-order valence-electron chi connectivity index (χ1n) is 4.39. The number of nitrogens with zero attached hydrogens (tertiary/aromatic N) is 8. The SMILES string of the molecule is S=C(S)N(N(C(=S)S)n1cnnn1)n1ccnc1. The highest BCUT2D eigenvalue weighted by molar-refractivity contribution is 8.12. The van der Waals surface area contributed by atoms with Gasteiger partial charge in [0.1, 0.15) is 6.33 Å². The summed E-state index contributed by atoms with van der Waals surface area (Å²) in [5, 5.41) is 13.5. The highest BCUT2D eigenvalue weighted by Gasteiger charge is 2.22. The molecule has 2 aromatic heterocycles. The van der Waals surface area contributed by atoms with Crippen LogP contribution in [0.4, 0.5) is 0 Å². The van der Waals surface area contributed by atoms with Crippen LogP contribution in [-0.4, -0.2) is 38.6 Å². The van der Waals surface area contributed by atoms with Gasteiger partial charge in [-0.25, -0.2) is 9.66 Å². The zero-order valence-corrected chi connectivity index (χ0v) is 12.0. The van der Waals surface area contributed by atoms with Gasteiger partial charge in [0.2, 0.25) is 0 Å². The van der Waals surface area contributed by atoms with Crippen LogP contribution in [0.1, 0.15) is 0 Å². The summed E-state index contributed by atoms with van der Waals surface area (Å²) in [7, 11) is 0. The molecule has 18 heavy (non-hydrogen) atoms. The van der Waals surface area contributed by atoms with Crippen LogP contribution in [0.2, 0.25) is 0 Å². The number of imidazole rings is 1. The fraction of sp³-hybridized carbons (Fsp3) is 0. The number of hydrogen-bond acceptors (Lipinski definition) is 6. The Morgan fingerprint density at radius 2 is 1.83 bits per heavy atom. The highest BCUT2D eigenvalue weighted by Crippen LogP contribution is 2.05. The van der Waals surface area contributed by atoms with Crippen molar-refractivity contribution in [2.24, 2.45) is 0 Å². The molecule has 0 aromatic carbocycles. The Hall–Kier alpha value is -1.24. The molecule has 0 saturated carbocycles. The summed E-state index contributed by atoms with van der Waals surface area (Å²) in [5.41, 5.74) is 0. The zero-order chi connectivity index (χ0) is 13.1. The predicted octanol–water partition coefficient (Wildman–Crippen LogP) is -0.210. The van der Waals surface area contributed by atoms with Gasteiger partial charge in [0.15, 0.2) is 15.0 Å². The van der Waals surface area contributed by atoms with Gasteiger partial charge in [-0.1, -0.05) is 0 Å². The van der Waals surface area contributed by atoms with Gasteiger partial charge in [0.25, 0.3) is 0 Å². The zero-order valence-electron chi connectivity index (χ0n) is 8.60. The normalized spacial score (nSPS) is 10.1. The number of thiocarbonyl (C=S) groups is 2. The van der Waals surface area contributed by atoms with E-state index in [2.05, 4.69) is 45.8 Å². The van der Waals surface area contributed by atoms with Crippen LogP contribution < -0.4 is 10.2 Å². The number of hydrazine groups is 1. The van der Waals surface area contributed by atoms with Crippen LogP contribution in [0.3, 0.4) is 0 Å². The Labute approximate surface area is 123 Å². The van der Waals surface area contributed by atoms with Gasteiger partial charge in [-0.15, -0.1) is 45.4 Å². The van der Waals surface area contributed by atoms with Gasteiger partial charge in [-0.3, -0.25) is 0 Å². The second-order valence-electron chi connectivity index (χ2n) is 2.82. The second-order valence-corrected chi connectivity index (χ2v) is 5.04. The molecule has 2 heterocycles. The summed E-state index contributed by atoms with van der Waals surface area (Å²) in [6.45, 7) is 0. The lowest BCUT2D eigenvalue weighted by atomic mass is 10.9. The molecule has 0 fully saturated rings. The molecule has 0 radical (unpaired) electrons. The first kappa shape index (κ1) is 13.2. The summed E-state index contributed by atoms with van der Waals surface area (Å²) in [5.74, 6) is 0. The summed E-state index contributed by atoms with van der Waals surface area (Å²) < 4.78 is 1.94. The molecule has 0 unspecified atom stereocenters. The molecule has 0 N–H and O–H groups in total. The third-order valence-corrected chi connectivity index (χ3v) is 2.45. The van der Waals surface area contributed by atoms with Crippen molar-refractivity contribution >= 4 is 58.3 Å². The summed E-state index contributed by atoms with van der Waals surface area (Å²) >= 11 is 18.4. The topological polar surface area (TPSA) is 67.9 Å². The molecule has 0 aliphatic rings. The van der Waals surface area contributed by atoms with Crippen LogP contribution in [0.5, 0.6) is 0 Å². The Morgan fingerprint density at radius 1 is 1.11 bits per heavy atom. The fourth-order valence-corrected chi connectivity index (χ4v) is 1.84. The molecule has 2 rings (SSSR count). The number of hydrogen-bond donors (Lipinski definition) is 2. The summed E-state index contributed by atoms with van der Waals surface area (Å²) in [6.07, 6.45) is 6.11. The number of thiol groups is 2. The maximum absolute atomic E-state index is 5.06. The highest BCUT2D eigenvalue weighted by atomic mass is 32.1. The number of aromatic nitrogens is 6. The van der Waals surface area contributed by atoms with Crippen LogP contribution in [0.25, 0.3) is 0 Å². The first-order chi connectivity index (χ1) is 8.61. The average molecular weight is 318 g/mol. The Morgan fingerprint density at radius 3 is 2.28 bits per heavy atom. The molecule has 12 heteroatoms. The van der Waals surface area contributed by atoms with E-state index in [0.717, 1.165) is 0 Å². The molecular formula is C6H6N8S4. The predicted molar refractivity (Wildman–Crippen MR) is 79.6 cm³/mol. The van der Waals surface area contributed by atoms with E-state index in [1.165, 1.54) is 27.7 Å². The minimum Gasteiger partial charge on any atom is -0.243 e. The van der Waals surface area contributed by atoms with Crippen LogP contribution in [0, 0.1) is 0 Å². The smallest absolute Gasteiger partial charge is 0.179 e. The molecule has 0 amide bonds. The van der Waals surface area contributed by atoms with E-state index in [1.807, 2.05) is 0 Å². The molecule has 0 atom stereocenters. The van der Waals surface area contributed by atoms with E-state index in [4.69, 9.17) is 24.4 Å². The molecule has 0 bridgehead atoms. The molecule has 8 nitrogen and oxygen atoms in total. The van der Waals surface area contributed by atoms with E-state index >= 15 is 0 Å². The fourth-order valence-electron chi connectivity index (χ4n) is 1.14. The van der Waals surface area contributed by atoms with E-state index in [0.29, 0.717) is 0 Å². The molecule has 94 valence electrons. The molecule has 0 spiro atoms. The van der Waals surface area contributed by atoms with Crippen molar-refractivity contribution in [2.45, 2.75) is 0 Å². The Kier molecular flexibility index (Phi) is 4.11. The number of rotatable bonds is 2. The van der Waals surface area contributed by atoms with Crippen LogP contribution in [0.15, 0.2) is 25.0 Å². The van der Waals surface area contributed by atoms with Crippen molar-refractivity contribution in [1.82, 2.24) is 30.0 Å². The van der Waals surface area contributed by atoms with Gasteiger partial charge in [0, 0.05) is 12.4 Å². The molecule has 0 aliphatic heterocycles. The first-order valence-corrected chi connectivity index (χ1v) is 6.10. The van der Waals surface area contributed by atoms with Crippen molar-refractivity contribution in [3.05, 3.63) is 25.0 Å². The van der Waals surface area contributed by atoms with Gasteiger partial charge in [-0.2, -0.15) is 0 Å². The van der Waals surface area contributed by atoms with Crippen molar-refractivity contribution in [1.29, 1.82) is 0 Å². The monoisotopic (exact) mass is 318 g/mol. The second kappa shape index (κ2) is 5.60. The van der Waals surface area contributed by atoms with Crippen molar-refractivity contribution < 1.29 is 0 Å². The summed E-state index contributed by atoms with van der Waals surface area (Å²) in [6, 6.07) is 0. The lowest BCUT2D eigenvalue weighted by molar-refractivity contribution is 0.557. The van der Waals surface area contributed by atoms with Gasteiger partial charge in [-0.05, 0) is 34.9 Å². The van der Waals surface area contributed by atoms with Gasteiger partial charge >= 0.3 is 0 Å². The van der Waals surface area contributed by atoms with Crippen LogP contribution in [-0.2, 0) is 0 Å². The van der Waals surface area contributed by atoms with Gasteiger partial charge < -0.3 is 0 Å². The maximum Gasteiger partial charge on any atom is 0.179 e. The van der Waals surface area contributed by atoms with E-state index in [-0.39, 0.29) is 8.64 Å². The quantitative estimate of drug-likeness (QED) is 0.448. The standard InChI is InChI=1S/C6H6N8S4/c15-5(16)13(11-2-1-7-3-11)14(6(17)18)12-4-8-9-10-12/h1-4H,(H,15,16)(H,17,18). The van der Waals surface area contributed by atoms with Gasteiger partial charge in [0.05, 0.1) is 0 Å². The van der Waals surface area contributed by atoms with Crippen LogP contribution >= 0.6 is 49.7 Å². The Balaban J connectivity index is 2.45. The minimum absolute atomic E-state index is 0.174. The lowest BCUT2D eigenvalue weighted by Gasteiger charge is -2.33. The van der Waals surface area contributed by atoms with Crippen molar-refractivity contribution in [2.75, 3.05) is 10.2 Å². The third kappa shape index (κ3) is 2.60. The third-order valence-electron chi connectivity index (χ3n) is 1.76. The molecule has 0 saturated heterocycles. The van der Waals surface area contributed by atoms with Crippen molar-refractivity contribution in [3.8, 4) is 0 Å².